The highest BCUT2D eigenvalue weighted by Gasteiger charge is 2.19. The van der Waals surface area contributed by atoms with E-state index >= 15 is 0 Å². The molecule has 0 spiro atoms. The second kappa shape index (κ2) is 4.53. The van der Waals surface area contributed by atoms with Gasteiger partial charge in [-0.1, -0.05) is 6.07 Å². The minimum atomic E-state index is -0.391. The van der Waals surface area contributed by atoms with E-state index in [2.05, 4.69) is 0 Å². The van der Waals surface area contributed by atoms with E-state index in [1.54, 1.807) is 12.1 Å². The average Bonchev–Trinajstić information content (AvgIpc) is 2.31. The number of aryl methyl sites for hydroxylation is 1. The molecule has 0 radical (unpaired) electrons. The molecule has 0 amide bonds. The van der Waals surface area contributed by atoms with E-state index in [1.807, 2.05) is 11.8 Å². The molecule has 2 rings (SSSR count). The molecule has 0 bridgehead atoms. The first kappa shape index (κ1) is 11.6. The number of hydrogen-bond donors (Lipinski definition) is 0. The van der Waals surface area contributed by atoms with E-state index in [9.17, 15) is 14.9 Å². The highest BCUT2D eigenvalue weighted by atomic mass is 16.6. The number of benzene rings is 1. The van der Waals surface area contributed by atoms with Crippen molar-refractivity contribution in [2.45, 2.75) is 19.8 Å². The van der Waals surface area contributed by atoms with Crippen molar-refractivity contribution in [3.8, 4) is 0 Å². The van der Waals surface area contributed by atoms with Crippen molar-refractivity contribution in [1.29, 1.82) is 0 Å². The van der Waals surface area contributed by atoms with Gasteiger partial charge in [0.1, 0.15) is 5.78 Å². The lowest BCUT2D eigenvalue weighted by Crippen LogP contribution is -2.34. The van der Waals surface area contributed by atoms with Gasteiger partial charge in [-0.3, -0.25) is 14.9 Å². The standard InChI is InChI=1S/C12H14N2O3/c1-9-2-3-10(14(16)17)8-12(9)13-6-4-11(15)5-7-13/h2-3,8H,4-7H2,1H3. The Morgan fingerprint density at radius 3 is 2.53 bits per heavy atom. The predicted molar refractivity (Wildman–Crippen MR) is 64.3 cm³/mol. The van der Waals surface area contributed by atoms with Gasteiger partial charge < -0.3 is 4.90 Å². The second-order valence-corrected chi connectivity index (χ2v) is 4.25. The van der Waals surface area contributed by atoms with Crippen molar-refractivity contribution >= 4 is 17.2 Å². The molecule has 0 atom stereocenters. The van der Waals surface area contributed by atoms with E-state index in [0.717, 1.165) is 11.3 Å². The number of non-ortho nitro benzene ring substituents is 1. The Kier molecular flexibility index (Phi) is 3.08. The molecule has 0 saturated carbocycles. The zero-order valence-electron chi connectivity index (χ0n) is 9.68. The Hall–Kier alpha value is -1.91. The van der Waals surface area contributed by atoms with Crippen molar-refractivity contribution < 1.29 is 9.72 Å². The van der Waals surface area contributed by atoms with Crippen molar-refractivity contribution in [2.75, 3.05) is 18.0 Å². The number of Topliss-reactive ketones (excluding diaryl/α,β-unsaturated/α-hetero) is 1. The monoisotopic (exact) mass is 234 g/mol. The summed E-state index contributed by atoms with van der Waals surface area (Å²) in [5.74, 6) is 0.268. The summed E-state index contributed by atoms with van der Waals surface area (Å²) < 4.78 is 0. The van der Waals surface area contributed by atoms with Crippen LogP contribution in [0.1, 0.15) is 18.4 Å². The molecule has 90 valence electrons. The second-order valence-electron chi connectivity index (χ2n) is 4.25. The van der Waals surface area contributed by atoms with Crippen LogP contribution in [-0.2, 0) is 4.79 Å². The molecule has 5 nitrogen and oxygen atoms in total. The molecule has 1 fully saturated rings. The van der Waals surface area contributed by atoms with Gasteiger partial charge in [-0.25, -0.2) is 0 Å². The Balaban J connectivity index is 2.27. The Bertz CT molecular complexity index is 461. The van der Waals surface area contributed by atoms with E-state index in [0.29, 0.717) is 25.9 Å². The summed E-state index contributed by atoms with van der Waals surface area (Å²) in [6.07, 6.45) is 1.06. The normalized spacial score (nSPS) is 16.1. The van der Waals surface area contributed by atoms with Crippen LogP contribution < -0.4 is 4.90 Å². The Labute approximate surface area is 99.2 Å². The van der Waals surface area contributed by atoms with E-state index < -0.39 is 4.92 Å². The van der Waals surface area contributed by atoms with Crippen molar-refractivity contribution in [3.63, 3.8) is 0 Å². The molecule has 17 heavy (non-hydrogen) atoms. The van der Waals surface area contributed by atoms with Crippen LogP contribution in [0.3, 0.4) is 0 Å². The maximum absolute atomic E-state index is 11.2. The Morgan fingerprint density at radius 1 is 1.29 bits per heavy atom. The topological polar surface area (TPSA) is 63.5 Å². The molecular formula is C12H14N2O3. The molecule has 0 N–H and O–H groups in total. The Morgan fingerprint density at radius 2 is 1.94 bits per heavy atom. The first-order chi connectivity index (χ1) is 8.08. The number of nitro groups is 1. The summed E-state index contributed by atoms with van der Waals surface area (Å²) in [7, 11) is 0. The van der Waals surface area contributed by atoms with Crippen LogP contribution in [0.5, 0.6) is 0 Å². The maximum atomic E-state index is 11.2. The number of anilines is 1. The fourth-order valence-corrected chi connectivity index (χ4v) is 2.05. The number of carbonyl (C=O) groups excluding carboxylic acids is 1. The predicted octanol–water partition coefficient (Wildman–Crippen LogP) is 2.07. The third-order valence-corrected chi connectivity index (χ3v) is 3.07. The number of nitro benzene ring substituents is 1. The smallest absolute Gasteiger partial charge is 0.271 e. The van der Waals surface area contributed by atoms with Crippen LogP contribution in [-0.4, -0.2) is 23.8 Å². The summed E-state index contributed by atoms with van der Waals surface area (Å²) in [5.41, 5.74) is 1.97. The van der Waals surface area contributed by atoms with Gasteiger partial charge in [0.2, 0.25) is 0 Å². The minimum absolute atomic E-state index is 0.0995. The van der Waals surface area contributed by atoms with Crippen molar-refractivity contribution in [3.05, 3.63) is 33.9 Å². The molecule has 1 saturated heterocycles. The fourth-order valence-electron chi connectivity index (χ4n) is 2.05. The lowest BCUT2D eigenvalue weighted by Gasteiger charge is -2.29. The summed E-state index contributed by atoms with van der Waals surface area (Å²) in [6, 6.07) is 4.85. The average molecular weight is 234 g/mol. The fraction of sp³-hybridized carbons (Fsp3) is 0.417. The number of piperidine rings is 1. The molecule has 5 heteroatoms. The summed E-state index contributed by atoms with van der Waals surface area (Å²) in [6.45, 7) is 3.23. The molecule has 1 aliphatic heterocycles. The third kappa shape index (κ3) is 2.43. The molecule has 0 unspecified atom stereocenters. The number of carbonyl (C=O) groups is 1. The van der Waals surface area contributed by atoms with E-state index in [4.69, 9.17) is 0 Å². The minimum Gasteiger partial charge on any atom is -0.370 e. The first-order valence-electron chi connectivity index (χ1n) is 5.59. The molecule has 0 aromatic heterocycles. The molecule has 1 aromatic rings. The maximum Gasteiger partial charge on any atom is 0.271 e. The van der Waals surface area contributed by atoms with Gasteiger partial charge in [0.15, 0.2) is 0 Å². The van der Waals surface area contributed by atoms with Crippen molar-refractivity contribution in [2.24, 2.45) is 0 Å². The summed E-state index contributed by atoms with van der Waals surface area (Å²) >= 11 is 0. The van der Waals surface area contributed by atoms with Gasteiger partial charge in [0.25, 0.3) is 5.69 Å². The van der Waals surface area contributed by atoms with Crippen LogP contribution in [0, 0.1) is 17.0 Å². The molecule has 1 aromatic carbocycles. The zero-order chi connectivity index (χ0) is 12.4. The van der Waals surface area contributed by atoms with Gasteiger partial charge in [-0.2, -0.15) is 0 Å². The number of nitrogens with zero attached hydrogens (tertiary/aromatic N) is 2. The quantitative estimate of drug-likeness (QED) is 0.580. The first-order valence-corrected chi connectivity index (χ1v) is 5.59. The van der Waals surface area contributed by atoms with E-state index in [-0.39, 0.29) is 11.5 Å². The number of hydrogen-bond acceptors (Lipinski definition) is 4. The van der Waals surface area contributed by atoms with Gasteiger partial charge in [-0.15, -0.1) is 0 Å². The van der Waals surface area contributed by atoms with Crippen LogP contribution in [0.15, 0.2) is 18.2 Å². The van der Waals surface area contributed by atoms with E-state index in [1.165, 1.54) is 6.07 Å². The highest BCUT2D eigenvalue weighted by Crippen LogP contribution is 2.27. The highest BCUT2D eigenvalue weighted by molar-refractivity contribution is 5.81. The third-order valence-electron chi connectivity index (χ3n) is 3.07. The van der Waals surface area contributed by atoms with Crippen LogP contribution in [0.25, 0.3) is 0 Å². The molecule has 1 heterocycles. The summed E-state index contributed by atoms with van der Waals surface area (Å²) in [4.78, 5) is 23.6. The molecule has 0 aliphatic carbocycles. The number of rotatable bonds is 2. The van der Waals surface area contributed by atoms with Gasteiger partial charge in [0.05, 0.1) is 4.92 Å². The van der Waals surface area contributed by atoms with Crippen LogP contribution in [0.2, 0.25) is 0 Å². The SMILES string of the molecule is Cc1ccc([N+](=O)[O-])cc1N1CCC(=O)CC1. The molecule has 1 aliphatic rings. The molecular weight excluding hydrogens is 220 g/mol. The lowest BCUT2D eigenvalue weighted by molar-refractivity contribution is -0.384. The number of ketones is 1. The largest absolute Gasteiger partial charge is 0.370 e. The zero-order valence-corrected chi connectivity index (χ0v) is 9.68. The van der Waals surface area contributed by atoms with Gasteiger partial charge in [-0.05, 0) is 12.5 Å². The van der Waals surface area contributed by atoms with Crippen molar-refractivity contribution in [1.82, 2.24) is 0 Å². The van der Waals surface area contributed by atoms with Gasteiger partial charge in [0, 0.05) is 43.8 Å². The van der Waals surface area contributed by atoms with Crippen LogP contribution in [0.4, 0.5) is 11.4 Å². The van der Waals surface area contributed by atoms with Gasteiger partial charge >= 0.3 is 0 Å². The lowest BCUT2D eigenvalue weighted by atomic mass is 10.1. The summed E-state index contributed by atoms with van der Waals surface area (Å²) in [5, 5.41) is 10.7. The van der Waals surface area contributed by atoms with Crippen LogP contribution >= 0.6 is 0 Å².